The second kappa shape index (κ2) is 8.51. The minimum Gasteiger partial charge on any atom is -0.748 e. The predicted octanol–water partition coefficient (Wildman–Crippen LogP) is 0.989. The van der Waals surface area contributed by atoms with Crippen LogP contribution in [0.5, 0.6) is 0 Å². The van der Waals surface area contributed by atoms with Crippen molar-refractivity contribution in [3.8, 4) is 0 Å². The lowest BCUT2D eigenvalue weighted by Gasteiger charge is -2.42. The zero-order valence-electron chi connectivity index (χ0n) is 13.5. The summed E-state index contributed by atoms with van der Waals surface area (Å²) < 4.78 is 33.1. The van der Waals surface area contributed by atoms with Gasteiger partial charge in [-0.1, -0.05) is 6.08 Å². The highest BCUT2D eigenvalue weighted by Crippen LogP contribution is 2.18. The Morgan fingerprint density at radius 2 is 1.86 bits per heavy atom. The van der Waals surface area contributed by atoms with E-state index in [0.29, 0.717) is 18.4 Å². The fourth-order valence-corrected chi connectivity index (χ4v) is 3.24. The summed E-state index contributed by atoms with van der Waals surface area (Å²) in [5.74, 6) is -0.753. The number of nitrogens with zero attached hydrogens (tertiary/aromatic N) is 1. The van der Waals surface area contributed by atoms with Gasteiger partial charge in [0.25, 0.3) is 0 Å². The Kier molecular flexibility index (Phi) is 8.13. The van der Waals surface area contributed by atoms with E-state index in [0.717, 1.165) is 24.1 Å². The van der Waals surface area contributed by atoms with E-state index < -0.39 is 16.0 Å². The first kappa shape index (κ1) is 20.1. The van der Waals surface area contributed by atoms with E-state index in [1.54, 1.807) is 6.92 Å². The smallest absolute Gasteiger partial charge is 0.244 e. The maximum Gasteiger partial charge on any atom is 0.244 e. The summed E-state index contributed by atoms with van der Waals surface area (Å²) in [6.07, 6.45) is 2.87. The van der Waals surface area contributed by atoms with Crippen molar-refractivity contribution in [2.45, 2.75) is 46.6 Å². The van der Waals surface area contributed by atoms with Crippen LogP contribution < -0.4 is 5.73 Å². The number of carbonyl (C=O) groups excluding carboxylic acids is 1. The third-order valence-corrected chi connectivity index (χ3v) is 5.13. The van der Waals surface area contributed by atoms with E-state index in [4.69, 9.17) is 5.73 Å². The molecule has 6 nitrogen and oxygen atoms in total. The summed E-state index contributed by atoms with van der Waals surface area (Å²) in [6.45, 7) is 10.2. The zero-order valence-corrected chi connectivity index (χ0v) is 14.3. The number of rotatable bonds is 10. The number of hydrogen-bond donors (Lipinski definition) is 1. The van der Waals surface area contributed by atoms with Crippen molar-refractivity contribution < 1.29 is 22.2 Å². The van der Waals surface area contributed by atoms with Crippen LogP contribution in [0.1, 0.15) is 40.5 Å². The summed E-state index contributed by atoms with van der Waals surface area (Å²) >= 11 is 0. The maximum absolute atomic E-state index is 11.0. The minimum absolute atomic E-state index is 0.0750. The van der Waals surface area contributed by atoms with Gasteiger partial charge >= 0.3 is 0 Å². The largest absolute Gasteiger partial charge is 0.748 e. The van der Waals surface area contributed by atoms with Crippen LogP contribution in [0.2, 0.25) is 0 Å². The Bertz CT molecular complexity index is 467. The van der Waals surface area contributed by atoms with E-state index in [-0.39, 0.29) is 11.8 Å². The second-order valence-corrected chi connectivity index (χ2v) is 7.04. The number of amides is 1. The molecule has 0 radical (unpaired) electrons. The van der Waals surface area contributed by atoms with Gasteiger partial charge in [0.15, 0.2) is 0 Å². The first-order chi connectivity index (χ1) is 9.58. The number of carbonyl (C=O) groups is 1. The molecular formula is C14H28N2O4S. The average molecular weight is 320 g/mol. The van der Waals surface area contributed by atoms with Crippen LogP contribution in [0.15, 0.2) is 11.6 Å². The first-order valence-electron chi connectivity index (χ1n) is 7.34. The lowest BCUT2D eigenvalue weighted by molar-refractivity contribution is -0.946. The molecule has 0 aromatic carbocycles. The summed E-state index contributed by atoms with van der Waals surface area (Å²) in [5.41, 5.74) is 5.73. The Balaban J connectivity index is 4.83. The molecule has 0 heterocycles. The standard InChI is InChI=1S/C14H28N2O4S/c1-5-16(6-2,10-7-8-12(3)14(15)17)13(4)9-11-21(18,19)20/h8,13H,5-7,9-11H2,1-4H3,(H2-,15,17,18,19,20). The molecule has 0 aliphatic carbocycles. The van der Waals surface area contributed by atoms with Crippen LogP contribution in [-0.2, 0) is 14.9 Å². The Labute approximate surface area is 128 Å². The van der Waals surface area contributed by atoms with E-state index >= 15 is 0 Å². The second-order valence-electron chi connectivity index (χ2n) is 5.51. The molecular weight excluding hydrogens is 292 g/mol. The number of quaternary nitrogens is 1. The summed E-state index contributed by atoms with van der Waals surface area (Å²) in [6, 6.07) is 0.0750. The van der Waals surface area contributed by atoms with Crippen molar-refractivity contribution in [3.63, 3.8) is 0 Å². The SMILES string of the molecule is CC[N+](CC)(CCC=C(C)C(N)=O)C(C)CCS(=O)(=O)[O-]. The van der Waals surface area contributed by atoms with Crippen LogP contribution in [0.3, 0.4) is 0 Å². The molecule has 7 heteroatoms. The van der Waals surface area contributed by atoms with Crippen molar-refractivity contribution in [2.75, 3.05) is 25.4 Å². The minimum atomic E-state index is -4.17. The highest BCUT2D eigenvalue weighted by Gasteiger charge is 2.29. The molecule has 0 bridgehead atoms. The topological polar surface area (TPSA) is 100 Å². The molecule has 0 rings (SSSR count). The third kappa shape index (κ3) is 7.06. The van der Waals surface area contributed by atoms with Gasteiger partial charge in [-0.2, -0.15) is 0 Å². The van der Waals surface area contributed by atoms with Crippen LogP contribution in [0.25, 0.3) is 0 Å². The molecule has 0 saturated carbocycles. The third-order valence-electron chi connectivity index (χ3n) is 4.39. The van der Waals surface area contributed by atoms with Crippen molar-refractivity contribution in [3.05, 3.63) is 11.6 Å². The molecule has 124 valence electrons. The van der Waals surface area contributed by atoms with Crippen LogP contribution in [0.4, 0.5) is 0 Å². The van der Waals surface area contributed by atoms with Gasteiger partial charge in [0.05, 0.1) is 35.8 Å². The van der Waals surface area contributed by atoms with Crippen molar-refractivity contribution in [1.29, 1.82) is 0 Å². The maximum atomic E-state index is 11.0. The van der Waals surface area contributed by atoms with Gasteiger partial charge in [0.1, 0.15) is 0 Å². The van der Waals surface area contributed by atoms with Crippen LogP contribution >= 0.6 is 0 Å². The quantitative estimate of drug-likeness (QED) is 0.368. The van der Waals surface area contributed by atoms with Crippen molar-refractivity contribution >= 4 is 16.0 Å². The van der Waals surface area contributed by atoms with Crippen LogP contribution in [-0.4, -0.2) is 54.8 Å². The molecule has 21 heavy (non-hydrogen) atoms. The van der Waals surface area contributed by atoms with Gasteiger partial charge in [-0.25, -0.2) is 8.42 Å². The van der Waals surface area contributed by atoms with Gasteiger partial charge in [0, 0.05) is 24.2 Å². The molecule has 0 aliphatic rings. The summed E-state index contributed by atoms with van der Waals surface area (Å²) in [4.78, 5) is 11.0. The summed E-state index contributed by atoms with van der Waals surface area (Å²) in [7, 11) is -4.17. The van der Waals surface area contributed by atoms with E-state index in [2.05, 4.69) is 13.8 Å². The molecule has 0 fully saturated rings. The molecule has 0 aliphatic heterocycles. The van der Waals surface area contributed by atoms with Gasteiger partial charge in [-0.05, 0) is 27.7 Å². The summed E-state index contributed by atoms with van der Waals surface area (Å²) in [5, 5.41) is 0. The first-order valence-corrected chi connectivity index (χ1v) is 8.91. The predicted molar refractivity (Wildman–Crippen MR) is 82.4 cm³/mol. The van der Waals surface area contributed by atoms with Crippen molar-refractivity contribution in [2.24, 2.45) is 5.73 Å². The zero-order chi connectivity index (χ0) is 16.7. The number of hydrogen-bond acceptors (Lipinski definition) is 4. The van der Waals surface area contributed by atoms with E-state index in [9.17, 15) is 17.8 Å². The molecule has 0 aromatic heterocycles. The molecule has 2 N–H and O–H groups in total. The van der Waals surface area contributed by atoms with Gasteiger partial charge < -0.3 is 14.8 Å². The normalized spacial score (nSPS) is 15.0. The average Bonchev–Trinajstić information content (AvgIpc) is 2.40. The Hall–Kier alpha value is -0.920. The highest BCUT2D eigenvalue weighted by molar-refractivity contribution is 7.85. The molecule has 1 amide bonds. The van der Waals surface area contributed by atoms with Gasteiger partial charge in [0.2, 0.25) is 5.91 Å². The highest BCUT2D eigenvalue weighted by atomic mass is 32.2. The van der Waals surface area contributed by atoms with Crippen LogP contribution in [0, 0.1) is 0 Å². The van der Waals surface area contributed by atoms with Gasteiger partial charge in [-0.15, -0.1) is 0 Å². The Morgan fingerprint density at radius 3 is 2.24 bits per heavy atom. The monoisotopic (exact) mass is 320 g/mol. The lowest BCUT2D eigenvalue weighted by Crippen LogP contribution is -2.55. The molecule has 0 spiro atoms. The van der Waals surface area contributed by atoms with E-state index in [1.807, 2.05) is 13.0 Å². The fraction of sp³-hybridized carbons (Fsp3) is 0.786. The molecule has 0 saturated heterocycles. The number of nitrogens with two attached hydrogens (primary N) is 1. The lowest BCUT2D eigenvalue weighted by atomic mass is 10.1. The Morgan fingerprint density at radius 1 is 1.33 bits per heavy atom. The molecule has 1 unspecified atom stereocenters. The number of primary amides is 1. The molecule has 1 atom stereocenters. The molecule has 0 aromatic rings. The van der Waals surface area contributed by atoms with E-state index in [1.165, 1.54) is 0 Å². The van der Waals surface area contributed by atoms with Gasteiger partial charge in [-0.3, -0.25) is 4.79 Å². The fourth-order valence-electron chi connectivity index (χ4n) is 2.61. The van der Waals surface area contributed by atoms with Crippen molar-refractivity contribution in [1.82, 2.24) is 0 Å².